The summed E-state index contributed by atoms with van der Waals surface area (Å²) >= 11 is 0. The molecule has 0 aromatic heterocycles. The molecule has 1 saturated heterocycles. The Morgan fingerprint density at radius 1 is 1.15 bits per heavy atom. The smallest absolute Gasteiger partial charge is 0.317 e. The Hall–Kier alpha value is -1.35. The Morgan fingerprint density at radius 3 is 2.20 bits per heavy atom. The summed E-state index contributed by atoms with van der Waals surface area (Å²) in [5.74, 6) is -0.0570. The summed E-state index contributed by atoms with van der Waals surface area (Å²) in [7, 11) is 4.45. The van der Waals surface area contributed by atoms with E-state index in [0.717, 1.165) is 36.0 Å². The minimum Gasteiger partial charge on any atom is -0.462 e. The number of rotatable bonds is 3. The van der Waals surface area contributed by atoms with E-state index in [1.807, 2.05) is 32.0 Å². The molecule has 1 aromatic rings. The number of hydrogen-bond donors (Lipinski definition) is 0. The van der Waals surface area contributed by atoms with Gasteiger partial charge in [0.15, 0.2) is 0 Å². The number of hydrogen-bond acceptors (Lipinski definition) is 2. The molecule has 1 aliphatic heterocycles. The van der Waals surface area contributed by atoms with Gasteiger partial charge in [0.25, 0.3) is 0 Å². The van der Waals surface area contributed by atoms with Crippen LogP contribution in [0.1, 0.15) is 32.3 Å². The molecule has 2 rings (SSSR count). The van der Waals surface area contributed by atoms with Crippen molar-refractivity contribution in [2.24, 2.45) is 0 Å². The maximum absolute atomic E-state index is 12.7. The highest BCUT2D eigenvalue weighted by atomic mass is 16.5. The number of carbonyl (C=O) groups is 1. The maximum atomic E-state index is 12.7. The van der Waals surface area contributed by atoms with E-state index < -0.39 is 5.41 Å². The molecule has 110 valence electrons. The van der Waals surface area contributed by atoms with Crippen molar-refractivity contribution in [3.63, 3.8) is 0 Å². The van der Waals surface area contributed by atoms with Gasteiger partial charge in [-0.3, -0.25) is 4.79 Å². The first-order valence-corrected chi connectivity index (χ1v) is 7.44. The zero-order chi connectivity index (χ0) is 14.8. The fraction of sp³-hybridized carbons (Fsp3) is 0.588. The molecule has 0 radical (unpaired) electrons. The van der Waals surface area contributed by atoms with E-state index in [4.69, 9.17) is 4.74 Å². The van der Waals surface area contributed by atoms with Crippen LogP contribution in [0.25, 0.3) is 0 Å². The van der Waals surface area contributed by atoms with Crippen molar-refractivity contribution in [1.29, 1.82) is 0 Å². The molecular weight excluding hydrogens is 250 g/mol. The fourth-order valence-corrected chi connectivity index (χ4v) is 2.92. The average Bonchev–Trinajstić information content (AvgIpc) is 2.39. The average molecular weight is 276 g/mol. The lowest BCUT2D eigenvalue weighted by molar-refractivity contribution is -0.896. The second-order valence-corrected chi connectivity index (χ2v) is 6.79. The molecule has 0 saturated carbocycles. The summed E-state index contributed by atoms with van der Waals surface area (Å²) < 4.78 is 6.55. The Bertz CT molecular complexity index is 455. The zero-order valence-corrected chi connectivity index (χ0v) is 13.1. The van der Waals surface area contributed by atoms with Crippen molar-refractivity contribution < 1.29 is 14.0 Å². The van der Waals surface area contributed by atoms with Crippen LogP contribution in [0.2, 0.25) is 0 Å². The topological polar surface area (TPSA) is 26.3 Å². The number of carbonyl (C=O) groups excluding carboxylic acids is 1. The summed E-state index contributed by atoms with van der Waals surface area (Å²) in [5, 5.41) is 0. The Morgan fingerprint density at radius 2 is 1.70 bits per heavy atom. The summed E-state index contributed by atoms with van der Waals surface area (Å²) in [6, 6.07) is 10.1. The summed E-state index contributed by atoms with van der Waals surface area (Å²) in [6.07, 6.45) is 1.65. The summed E-state index contributed by atoms with van der Waals surface area (Å²) in [5.41, 5.74) is 0.643. The van der Waals surface area contributed by atoms with Gasteiger partial charge in [0.1, 0.15) is 5.41 Å². The highest BCUT2D eigenvalue weighted by molar-refractivity contribution is 5.83. The van der Waals surface area contributed by atoms with Crippen molar-refractivity contribution in [2.75, 3.05) is 27.2 Å². The molecule has 3 nitrogen and oxygen atoms in total. The third kappa shape index (κ3) is 3.04. The van der Waals surface area contributed by atoms with Crippen molar-refractivity contribution in [3.8, 4) is 0 Å². The van der Waals surface area contributed by atoms with E-state index in [1.54, 1.807) is 0 Å². The third-order valence-corrected chi connectivity index (χ3v) is 4.35. The summed E-state index contributed by atoms with van der Waals surface area (Å²) in [4.78, 5) is 12.7. The SMILES string of the molecule is CC(C)OC(=O)C1(c2ccccc2)CC[N+](C)(C)CC1. The fourth-order valence-electron chi connectivity index (χ4n) is 2.92. The molecule has 3 heteroatoms. The quantitative estimate of drug-likeness (QED) is 0.627. The van der Waals surface area contributed by atoms with Crippen LogP contribution in [0, 0.1) is 0 Å². The molecule has 0 bridgehead atoms. The van der Waals surface area contributed by atoms with Gasteiger partial charge < -0.3 is 9.22 Å². The molecule has 0 unspecified atom stereocenters. The molecule has 0 N–H and O–H groups in total. The highest BCUT2D eigenvalue weighted by Gasteiger charge is 2.47. The van der Waals surface area contributed by atoms with E-state index >= 15 is 0 Å². The van der Waals surface area contributed by atoms with Crippen LogP contribution in [0.5, 0.6) is 0 Å². The molecule has 0 atom stereocenters. The van der Waals surface area contributed by atoms with E-state index in [0.29, 0.717) is 0 Å². The minimum atomic E-state index is -0.459. The molecular formula is C17H26NO2+. The maximum Gasteiger partial charge on any atom is 0.317 e. The normalized spacial score (nSPS) is 20.6. The standard InChI is InChI=1S/C17H26NO2/c1-14(2)20-16(19)17(15-8-6-5-7-9-15)10-12-18(3,4)13-11-17/h5-9,14H,10-13H2,1-4H3/q+1. The van der Waals surface area contributed by atoms with Crippen LogP contribution in [0.4, 0.5) is 0 Å². The van der Waals surface area contributed by atoms with E-state index in [9.17, 15) is 4.79 Å². The van der Waals surface area contributed by atoms with Crippen molar-refractivity contribution in [3.05, 3.63) is 35.9 Å². The van der Waals surface area contributed by atoms with Crippen LogP contribution < -0.4 is 0 Å². The minimum absolute atomic E-state index is 0.0570. The van der Waals surface area contributed by atoms with Gasteiger partial charge in [0, 0.05) is 12.8 Å². The number of benzene rings is 1. The lowest BCUT2D eigenvalue weighted by Crippen LogP contribution is -2.54. The van der Waals surface area contributed by atoms with Gasteiger partial charge in [-0.15, -0.1) is 0 Å². The van der Waals surface area contributed by atoms with Crippen LogP contribution in [0.15, 0.2) is 30.3 Å². The van der Waals surface area contributed by atoms with Gasteiger partial charge in [-0.2, -0.15) is 0 Å². The highest BCUT2D eigenvalue weighted by Crippen LogP contribution is 2.38. The van der Waals surface area contributed by atoms with Crippen molar-refractivity contribution >= 4 is 5.97 Å². The molecule has 0 aliphatic carbocycles. The molecule has 1 aromatic carbocycles. The molecule has 20 heavy (non-hydrogen) atoms. The van der Waals surface area contributed by atoms with E-state index in [2.05, 4.69) is 26.2 Å². The Labute approximate surface area is 122 Å². The number of ether oxygens (including phenoxy) is 1. The number of quaternary nitrogens is 1. The molecule has 1 heterocycles. The Kier molecular flexibility index (Phi) is 4.19. The van der Waals surface area contributed by atoms with Gasteiger partial charge in [0.2, 0.25) is 0 Å². The second kappa shape index (κ2) is 5.57. The van der Waals surface area contributed by atoms with Crippen molar-refractivity contribution in [2.45, 2.75) is 38.2 Å². The molecule has 0 spiro atoms. The lowest BCUT2D eigenvalue weighted by atomic mass is 9.72. The largest absolute Gasteiger partial charge is 0.462 e. The monoisotopic (exact) mass is 276 g/mol. The van der Waals surface area contributed by atoms with Gasteiger partial charge in [0.05, 0.1) is 33.3 Å². The molecule has 0 amide bonds. The first kappa shape index (κ1) is 15.0. The molecule has 1 aliphatic rings. The molecule has 1 fully saturated rings. The number of likely N-dealkylation sites (tertiary alicyclic amines) is 1. The van der Waals surface area contributed by atoms with Crippen LogP contribution in [0.3, 0.4) is 0 Å². The predicted molar refractivity (Wildman–Crippen MR) is 80.4 cm³/mol. The van der Waals surface area contributed by atoms with Crippen LogP contribution >= 0.6 is 0 Å². The first-order chi connectivity index (χ1) is 9.36. The Balaban J connectivity index is 2.33. The second-order valence-electron chi connectivity index (χ2n) is 6.79. The van der Waals surface area contributed by atoms with Gasteiger partial charge in [-0.25, -0.2) is 0 Å². The lowest BCUT2D eigenvalue weighted by Gasteiger charge is -2.43. The predicted octanol–water partition coefficient (Wildman–Crippen LogP) is 2.75. The third-order valence-electron chi connectivity index (χ3n) is 4.35. The number of piperidine rings is 1. The zero-order valence-electron chi connectivity index (χ0n) is 13.1. The van der Waals surface area contributed by atoms with E-state index in [1.165, 1.54) is 0 Å². The van der Waals surface area contributed by atoms with Gasteiger partial charge in [-0.05, 0) is 19.4 Å². The number of nitrogens with zero attached hydrogens (tertiary/aromatic N) is 1. The number of esters is 1. The van der Waals surface area contributed by atoms with E-state index in [-0.39, 0.29) is 12.1 Å². The van der Waals surface area contributed by atoms with Crippen LogP contribution in [-0.2, 0) is 14.9 Å². The van der Waals surface area contributed by atoms with Crippen LogP contribution in [-0.4, -0.2) is 43.7 Å². The summed E-state index contributed by atoms with van der Waals surface area (Å²) in [6.45, 7) is 5.84. The first-order valence-electron chi connectivity index (χ1n) is 7.44. The van der Waals surface area contributed by atoms with Gasteiger partial charge >= 0.3 is 5.97 Å². The van der Waals surface area contributed by atoms with Gasteiger partial charge in [-0.1, -0.05) is 30.3 Å². The van der Waals surface area contributed by atoms with Crippen molar-refractivity contribution in [1.82, 2.24) is 0 Å².